The highest BCUT2D eigenvalue weighted by Crippen LogP contribution is 2.34. The summed E-state index contributed by atoms with van der Waals surface area (Å²) >= 11 is 5.76. The number of carbonyl (C=O) groups is 1. The number of phenolic OH excluding ortho intramolecular Hbond substituents is 1. The minimum atomic E-state index is -1.52. The molecule has 1 aromatic carbocycles. The molecule has 0 aliphatic heterocycles. The molecule has 0 bridgehead atoms. The van der Waals surface area contributed by atoms with E-state index in [0.29, 0.717) is 5.56 Å². The van der Waals surface area contributed by atoms with Crippen LogP contribution in [-0.2, 0) is 9.53 Å². The van der Waals surface area contributed by atoms with Crippen LogP contribution in [0.3, 0.4) is 0 Å². The standard InChI is InChI=1S/C10H11ClO4/c1-5-3-4-6(8(12)7(5)11)9(13)10(14)15-2/h3-4,9,12-13H,1-2H3. The molecule has 5 heteroatoms. The van der Waals surface area contributed by atoms with Crippen LogP contribution in [-0.4, -0.2) is 23.3 Å². The van der Waals surface area contributed by atoms with Crippen LogP contribution in [0.4, 0.5) is 0 Å². The number of ether oxygens (including phenoxy) is 1. The Bertz CT molecular complexity index is 389. The van der Waals surface area contributed by atoms with Crippen LogP contribution in [0.2, 0.25) is 5.02 Å². The zero-order valence-electron chi connectivity index (χ0n) is 8.32. The third-order valence-electron chi connectivity index (χ3n) is 2.06. The third-order valence-corrected chi connectivity index (χ3v) is 2.54. The van der Waals surface area contributed by atoms with Gasteiger partial charge in [-0.2, -0.15) is 0 Å². The fourth-order valence-corrected chi connectivity index (χ4v) is 1.31. The Labute approximate surface area is 92.1 Å². The number of carbonyl (C=O) groups excluding carboxylic acids is 1. The number of halogens is 1. The SMILES string of the molecule is COC(=O)C(O)c1ccc(C)c(Cl)c1O. The molecule has 0 aromatic heterocycles. The summed E-state index contributed by atoms with van der Waals surface area (Å²) in [7, 11) is 1.15. The first-order chi connectivity index (χ1) is 6.99. The maximum absolute atomic E-state index is 11.0. The molecule has 2 N–H and O–H groups in total. The lowest BCUT2D eigenvalue weighted by molar-refractivity contribution is -0.150. The third kappa shape index (κ3) is 2.22. The van der Waals surface area contributed by atoms with Crippen molar-refractivity contribution in [1.29, 1.82) is 0 Å². The van der Waals surface area contributed by atoms with Crippen molar-refractivity contribution in [1.82, 2.24) is 0 Å². The molecule has 0 aliphatic rings. The lowest BCUT2D eigenvalue weighted by Gasteiger charge is -2.12. The Hall–Kier alpha value is -1.26. The monoisotopic (exact) mass is 230 g/mol. The van der Waals surface area contributed by atoms with Gasteiger partial charge in [0, 0.05) is 5.56 Å². The number of phenols is 1. The van der Waals surface area contributed by atoms with E-state index in [0.717, 1.165) is 7.11 Å². The molecule has 4 nitrogen and oxygen atoms in total. The van der Waals surface area contributed by atoms with Crippen molar-refractivity contribution in [3.63, 3.8) is 0 Å². The summed E-state index contributed by atoms with van der Waals surface area (Å²) in [5.74, 6) is -1.14. The maximum Gasteiger partial charge on any atom is 0.339 e. The molecule has 1 aromatic rings. The number of aromatic hydroxyl groups is 1. The van der Waals surface area contributed by atoms with E-state index in [1.54, 1.807) is 13.0 Å². The van der Waals surface area contributed by atoms with Crippen molar-refractivity contribution in [2.24, 2.45) is 0 Å². The van der Waals surface area contributed by atoms with Gasteiger partial charge in [-0.25, -0.2) is 4.79 Å². The number of hydrogen-bond donors (Lipinski definition) is 2. The largest absolute Gasteiger partial charge is 0.506 e. The van der Waals surface area contributed by atoms with Gasteiger partial charge < -0.3 is 14.9 Å². The number of benzene rings is 1. The van der Waals surface area contributed by atoms with Crippen LogP contribution in [0, 0.1) is 6.92 Å². The fraction of sp³-hybridized carbons (Fsp3) is 0.300. The van der Waals surface area contributed by atoms with Crippen LogP contribution < -0.4 is 0 Å². The molecule has 15 heavy (non-hydrogen) atoms. The second-order valence-electron chi connectivity index (χ2n) is 3.06. The number of hydrogen-bond acceptors (Lipinski definition) is 4. The van der Waals surface area contributed by atoms with Crippen molar-refractivity contribution in [3.05, 3.63) is 28.3 Å². The molecular weight excluding hydrogens is 220 g/mol. The summed E-state index contributed by atoms with van der Waals surface area (Å²) < 4.78 is 4.35. The fourth-order valence-electron chi connectivity index (χ4n) is 1.14. The van der Waals surface area contributed by atoms with Crippen LogP contribution in [0.5, 0.6) is 5.75 Å². The number of methoxy groups -OCH3 is 1. The first kappa shape index (κ1) is 11.8. The van der Waals surface area contributed by atoms with E-state index in [1.165, 1.54) is 6.07 Å². The van der Waals surface area contributed by atoms with Gasteiger partial charge in [-0.05, 0) is 12.5 Å². The Morgan fingerprint density at radius 3 is 2.67 bits per heavy atom. The molecule has 1 unspecified atom stereocenters. The smallest absolute Gasteiger partial charge is 0.339 e. The average molecular weight is 231 g/mol. The Balaban J connectivity index is 3.16. The highest BCUT2D eigenvalue weighted by atomic mass is 35.5. The van der Waals surface area contributed by atoms with E-state index in [-0.39, 0.29) is 16.3 Å². The van der Waals surface area contributed by atoms with E-state index in [4.69, 9.17) is 11.6 Å². The van der Waals surface area contributed by atoms with Crippen molar-refractivity contribution >= 4 is 17.6 Å². The molecule has 0 spiro atoms. The summed E-state index contributed by atoms with van der Waals surface area (Å²) in [5.41, 5.74) is 0.701. The van der Waals surface area contributed by atoms with Gasteiger partial charge in [0.2, 0.25) is 0 Å². The van der Waals surface area contributed by atoms with Crippen molar-refractivity contribution in [2.75, 3.05) is 7.11 Å². The van der Waals surface area contributed by atoms with Gasteiger partial charge in [0.05, 0.1) is 12.1 Å². The van der Waals surface area contributed by atoms with E-state index >= 15 is 0 Å². The normalized spacial score (nSPS) is 12.3. The Kier molecular flexibility index (Phi) is 3.55. The topological polar surface area (TPSA) is 66.8 Å². The predicted molar refractivity (Wildman–Crippen MR) is 54.8 cm³/mol. The number of aryl methyl sites for hydroxylation is 1. The van der Waals surface area contributed by atoms with Gasteiger partial charge in [-0.3, -0.25) is 0 Å². The molecular formula is C10H11ClO4. The van der Waals surface area contributed by atoms with Gasteiger partial charge in [-0.15, -0.1) is 0 Å². The van der Waals surface area contributed by atoms with Crippen LogP contribution in [0.15, 0.2) is 12.1 Å². The van der Waals surface area contributed by atoms with Gasteiger partial charge in [0.1, 0.15) is 5.75 Å². The van der Waals surface area contributed by atoms with Crippen LogP contribution in [0.1, 0.15) is 17.2 Å². The van der Waals surface area contributed by atoms with Gasteiger partial charge >= 0.3 is 5.97 Å². The Morgan fingerprint density at radius 1 is 1.53 bits per heavy atom. The molecule has 0 radical (unpaired) electrons. The molecule has 0 fully saturated rings. The zero-order valence-corrected chi connectivity index (χ0v) is 9.08. The summed E-state index contributed by atoms with van der Waals surface area (Å²) in [6.45, 7) is 1.70. The highest BCUT2D eigenvalue weighted by molar-refractivity contribution is 6.32. The number of aliphatic hydroxyl groups excluding tert-OH is 1. The van der Waals surface area contributed by atoms with E-state index in [9.17, 15) is 15.0 Å². The zero-order chi connectivity index (χ0) is 11.6. The van der Waals surface area contributed by atoms with E-state index in [1.807, 2.05) is 0 Å². The average Bonchev–Trinajstić information content (AvgIpc) is 2.24. The number of aliphatic hydroxyl groups is 1. The summed E-state index contributed by atoms with van der Waals surface area (Å²) in [6, 6.07) is 3.03. The Morgan fingerprint density at radius 2 is 2.13 bits per heavy atom. The van der Waals surface area contributed by atoms with Gasteiger partial charge in [0.15, 0.2) is 6.10 Å². The molecule has 0 heterocycles. The molecule has 0 saturated carbocycles. The second-order valence-corrected chi connectivity index (χ2v) is 3.44. The molecule has 0 aliphatic carbocycles. The molecule has 0 amide bonds. The predicted octanol–water partition coefficient (Wildman–Crippen LogP) is 1.56. The van der Waals surface area contributed by atoms with Crippen molar-refractivity contribution < 1.29 is 19.7 Å². The van der Waals surface area contributed by atoms with Crippen LogP contribution >= 0.6 is 11.6 Å². The number of esters is 1. The highest BCUT2D eigenvalue weighted by Gasteiger charge is 2.22. The molecule has 1 rings (SSSR count). The quantitative estimate of drug-likeness (QED) is 0.757. The van der Waals surface area contributed by atoms with Gasteiger partial charge in [0.25, 0.3) is 0 Å². The van der Waals surface area contributed by atoms with Crippen LogP contribution in [0.25, 0.3) is 0 Å². The molecule has 1 atom stereocenters. The summed E-state index contributed by atoms with van der Waals surface area (Å²) in [4.78, 5) is 11.0. The van der Waals surface area contributed by atoms with Gasteiger partial charge in [-0.1, -0.05) is 23.7 Å². The van der Waals surface area contributed by atoms with E-state index in [2.05, 4.69) is 4.74 Å². The minimum Gasteiger partial charge on any atom is -0.506 e. The van der Waals surface area contributed by atoms with Crippen molar-refractivity contribution in [2.45, 2.75) is 13.0 Å². The van der Waals surface area contributed by atoms with E-state index < -0.39 is 12.1 Å². The number of rotatable bonds is 2. The molecule has 0 saturated heterocycles. The second kappa shape index (κ2) is 4.51. The lowest BCUT2D eigenvalue weighted by atomic mass is 10.1. The summed E-state index contributed by atoms with van der Waals surface area (Å²) in [5, 5.41) is 19.2. The first-order valence-corrected chi connectivity index (χ1v) is 4.60. The minimum absolute atomic E-state index is 0.0393. The molecule has 82 valence electrons. The lowest BCUT2D eigenvalue weighted by Crippen LogP contribution is -2.13. The maximum atomic E-state index is 11.0. The van der Waals surface area contributed by atoms with Crippen molar-refractivity contribution in [3.8, 4) is 5.75 Å². The first-order valence-electron chi connectivity index (χ1n) is 4.23. The summed E-state index contributed by atoms with van der Waals surface area (Å²) in [6.07, 6.45) is -1.52.